The summed E-state index contributed by atoms with van der Waals surface area (Å²) in [7, 11) is 3.79. The fourth-order valence-corrected chi connectivity index (χ4v) is 3.32. The summed E-state index contributed by atoms with van der Waals surface area (Å²) >= 11 is 0. The van der Waals surface area contributed by atoms with Crippen LogP contribution in [0.25, 0.3) is 5.76 Å². The summed E-state index contributed by atoms with van der Waals surface area (Å²) < 4.78 is 5.46. The van der Waals surface area contributed by atoms with Crippen molar-refractivity contribution in [1.29, 1.82) is 0 Å². The second-order valence-corrected chi connectivity index (χ2v) is 7.21. The highest BCUT2D eigenvalue weighted by Crippen LogP contribution is 2.39. The van der Waals surface area contributed by atoms with Gasteiger partial charge in [0, 0.05) is 31.0 Å². The van der Waals surface area contributed by atoms with E-state index in [2.05, 4.69) is 11.6 Å². The fourth-order valence-electron chi connectivity index (χ4n) is 3.32. The van der Waals surface area contributed by atoms with Crippen molar-refractivity contribution in [3.05, 3.63) is 78.1 Å². The molecule has 0 saturated carbocycles. The molecule has 1 aromatic heterocycles. The van der Waals surface area contributed by atoms with E-state index in [4.69, 9.17) is 4.74 Å². The maximum Gasteiger partial charge on any atom is 0.295 e. The lowest BCUT2D eigenvalue weighted by atomic mass is 9.96. The molecule has 7 nitrogen and oxygen atoms in total. The van der Waals surface area contributed by atoms with Crippen LogP contribution in [0.1, 0.15) is 17.2 Å². The minimum Gasteiger partial charge on any atom is -0.507 e. The fraction of sp³-hybridized carbons (Fsp3) is 0.261. The molecule has 1 saturated heterocycles. The summed E-state index contributed by atoms with van der Waals surface area (Å²) in [4.78, 5) is 33.2. The van der Waals surface area contributed by atoms with Gasteiger partial charge in [0.25, 0.3) is 11.7 Å². The highest BCUT2D eigenvalue weighted by atomic mass is 16.5. The molecule has 1 aromatic carbocycles. The normalized spacial score (nSPS) is 18.1. The Morgan fingerprint density at radius 3 is 2.60 bits per heavy atom. The third-order valence-electron chi connectivity index (χ3n) is 4.82. The molecule has 1 fully saturated rings. The second-order valence-electron chi connectivity index (χ2n) is 7.21. The number of nitrogens with zero attached hydrogens (tertiary/aromatic N) is 3. The third-order valence-corrected chi connectivity index (χ3v) is 4.82. The van der Waals surface area contributed by atoms with Gasteiger partial charge in [-0.25, -0.2) is 0 Å². The number of aliphatic hydroxyl groups is 1. The lowest BCUT2D eigenvalue weighted by Gasteiger charge is -2.26. The molecule has 0 spiro atoms. The number of likely N-dealkylation sites (N-methyl/N-ethyl adjacent to an activating group) is 1. The predicted octanol–water partition coefficient (Wildman–Crippen LogP) is 2.63. The zero-order chi connectivity index (χ0) is 21.7. The van der Waals surface area contributed by atoms with Gasteiger partial charge in [0.15, 0.2) is 0 Å². The number of carbonyl (C=O) groups excluding carboxylic acids is 2. The van der Waals surface area contributed by atoms with E-state index in [1.807, 2.05) is 19.0 Å². The van der Waals surface area contributed by atoms with Crippen molar-refractivity contribution in [3.63, 3.8) is 0 Å². The van der Waals surface area contributed by atoms with Crippen molar-refractivity contribution in [3.8, 4) is 5.75 Å². The van der Waals surface area contributed by atoms with E-state index in [1.54, 1.807) is 54.9 Å². The Morgan fingerprint density at radius 2 is 2.00 bits per heavy atom. The van der Waals surface area contributed by atoms with E-state index in [0.717, 1.165) is 0 Å². The molecule has 2 heterocycles. The van der Waals surface area contributed by atoms with Gasteiger partial charge in [0.2, 0.25) is 0 Å². The van der Waals surface area contributed by atoms with Crippen molar-refractivity contribution in [2.45, 2.75) is 6.04 Å². The second kappa shape index (κ2) is 9.37. The third kappa shape index (κ3) is 4.41. The van der Waals surface area contributed by atoms with Crippen LogP contribution in [-0.2, 0) is 9.59 Å². The molecule has 0 aliphatic carbocycles. The maximum atomic E-state index is 12.9. The molecule has 1 atom stereocenters. The molecule has 2 aromatic rings. The maximum absolute atomic E-state index is 12.9. The van der Waals surface area contributed by atoms with Crippen molar-refractivity contribution < 1.29 is 19.4 Å². The molecule has 0 radical (unpaired) electrons. The average Bonchev–Trinajstić information content (AvgIpc) is 3.01. The minimum atomic E-state index is -0.702. The number of hydrogen-bond acceptors (Lipinski definition) is 6. The zero-order valence-electron chi connectivity index (χ0n) is 17.1. The van der Waals surface area contributed by atoms with Gasteiger partial charge in [-0.05, 0) is 50.0 Å². The smallest absolute Gasteiger partial charge is 0.295 e. The van der Waals surface area contributed by atoms with E-state index in [1.165, 1.54) is 4.90 Å². The van der Waals surface area contributed by atoms with Gasteiger partial charge >= 0.3 is 0 Å². The van der Waals surface area contributed by atoms with Crippen LogP contribution < -0.4 is 4.74 Å². The molecule has 0 unspecified atom stereocenters. The molecular formula is C23H25N3O4. The first kappa shape index (κ1) is 21.3. The summed E-state index contributed by atoms with van der Waals surface area (Å²) in [5.41, 5.74) is 1.16. The molecule has 3 rings (SSSR count). The molecule has 1 amide bonds. The van der Waals surface area contributed by atoms with Crippen LogP contribution in [0.4, 0.5) is 0 Å². The van der Waals surface area contributed by atoms with Gasteiger partial charge in [-0.2, -0.15) is 0 Å². The molecule has 1 aliphatic heterocycles. The first-order chi connectivity index (χ1) is 14.4. The monoisotopic (exact) mass is 407 g/mol. The standard InChI is InChI=1S/C23H25N3O4/c1-4-14-30-18-9-7-16(8-10-18)21(27)19-20(17-6-5-11-24-15-17)26(13-12-25(2)3)23(29)22(19)28/h4-11,15,20,27H,1,12-14H2,2-3H3/b21-19+/t20-/m1/s1. The van der Waals surface area contributed by atoms with Crippen molar-refractivity contribution in [1.82, 2.24) is 14.8 Å². The Balaban J connectivity index is 2.03. The highest BCUT2D eigenvalue weighted by molar-refractivity contribution is 6.46. The molecule has 30 heavy (non-hydrogen) atoms. The Morgan fingerprint density at radius 1 is 1.27 bits per heavy atom. The molecule has 1 aliphatic rings. The lowest BCUT2D eigenvalue weighted by molar-refractivity contribution is -0.140. The number of rotatable bonds is 8. The number of ether oxygens (including phenoxy) is 1. The highest BCUT2D eigenvalue weighted by Gasteiger charge is 2.45. The molecular weight excluding hydrogens is 382 g/mol. The minimum absolute atomic E-state index is 0.0616. The Bertz CT molecular complexity index is 952. The number of benzene rings is 1. The van der Waals surface area contributed by atoms with Gasteiger partial charge in [-0.3, -0.25) is 14.6 Å². The predicted molar refractivity (Wildman–Crippen MR) is 114 cm³/mol. The van der Waals surface area contributed by atoms with E-state index in [0.29, 0.717) is 36.6 Å². The number of ketones is 1. The van der Waals surface area contributed by atoms with E-state index in [9.17, 15) is 14.7 Å². The van der Waals surface area contributed by atoms with Gasteiger partial charge in [0.1, 0.15) is 18.1 Å². The van der Waals surface area contributed by atoms with Crippen LogP contribution >= 0.6 is 0 Å². The van der Waals surface area contributed by atoms with Gasteiger partial charge < -0.3 is 19.6 Å². The summed E-state index contributed by atoms with van der Waals surface area (Å²) in [6.45, 7) is 4.90. The van der Waals surface area contributed by atoms with E-state index in [-0.39, 0.29) is 11.3 Å². The van der Waals surface area contributed by atoms with E-state index >= 15 is 0 Å². The van der Waals surface area contributed by atoms with Gasteiger partial charge in [-0.15, -0.1) is 0 Å². The summed E-state index contributed by atoms with van der Waals surface area (Å²) in [5.74, 6) is -0.934. The van der Waals surface area contributed by atoms with Crippen LogP contribution in [0.3, 0.4) is 0 Å². The van der Waals surface area contributed by atoms with E-state index < -0.39 is 17.7 Å². The van der Waals surface area contributed by atoms with Crippen molar-refractivity contribution in [2.24, 2.45) is 0 Å². The van der Waals surface area contributed by atoms with Crippen LogP contribution in [0, 0.1) is 0 Å². The number of likely N-dealkylation sites (tertiary alicyclic amines) is 1. The summed E-state index contributed by atoms with van der Waals surface area (Å²) in [6, 6.07) is 9.54. The Kier molecular flexibility index (Phi) is 6.64. The molecule has 156 valence electrons. The average molecular weight is 407 g/mol. The summed E-state index contributed by atoms with van der Waals surface area (Å²) in [6.07, 6.45) is 4.87. The molecule has 7 heteroatoms. The summed E-state index contributed by atoms with van der Waals surface area (Å²) in [5, 5.41) is 11.0. The first-order valence-corrected chi connectivity index (χ1v) is 9.61. The largest absolute Gasteiger partial charge is 0.507 e. The quantitative estimate of drug-likeness (QED) is 0.314. The zero-order valence-corrected chi connectivity index (χ0v) is 17.1. The van der Waals surface area contributed by atoms with Gasteiger partial charge in [-0.1, -0.05) is 18.7 Å². The molecule has 0 bridgehead atoms. The number of amides is 1. The number of carbonyl (C=O) groups is 2. The van der Waals surface area contributed by atoms with Gasteiger partial charge in [0.05, 0.1) is 11.6 Å². The number of Topliss-reactive ketones (excluding diaryl/α,β-unsaturated/α-hetero) is 1. The van der Waals surface area contributed by atoms with Crippen LogP contribution in [0.5, 0.6) is 5.75 Å². The first-order valence-electron chi connectivity index (χ1n) is 9.61. The van der Waals surface area contributed by atoms with Crippen LogP contribution in [0.2, 0.25) is 0 Å². The van der Waals surface area contributed by atoms with Crippen LogP contribution in [0.15, 0.2) is 67.0 Å². The topological polar surface area (TPSA) is 83.0 Å². The SMILES string of the molecule is C=CCOc1ccc(/C(O)=C2\C(=O)C(=O)N(CCN(C)C)[C@@H]2c2cccnc2)cc1. The molecule has 1 N–H and O–H groups in total. The number of hydrogen-bond donors (Lipinski definition) is 1. The number of pyridine rings is 1. The van der Waals surface area contributed by atoms with Crippen molar-refractivity contribution in [2.75, 3.05) is 33.8 Å². The number of aliphatic hydroxyl groups excluding tert-OH is 1. The van der Waals surface area contributed by atoms with Crippen molar-refractivity contribution >= 4 is 17.4 Å². The number of aromatic nitrogens is 1. The lowest BCUT2D eigenvalue weighted by Crippen LogP contribution is -2.35. The Labute approximate surface area is 175 Å². The van der Waals surface area contributed by atoms with Crippen LogP contribution in [-0.4, -0.2) is 65.4 Å². The Hall–Kier alpha value is -3.45.